The van der Waals surface area contributed by atoms with Crippen molar-refractivity contribution in [3.8, 4) is 28.8 Å². The number of esters is 1. The topological polar surface area (TPSA) is 72.2 Å². The highest BCUT2D eigenvalue weighted by molar-refractivity contribution is 5.75. The fourth-order valence-corrected chi connectivity index (χ4v) is 5.49. The van der Waals surface area contributed by atoms with Crippen molar-refractivity contribution in [2.45, 2.75) is 117 Å². The van der Waals surface area contributed by atoms with Gasteiger partial charge in [0.15, 0.2) is 0 Å². The van der Waals surface area contributed by atoms with E-state index in [1.807, 2.05) is 36.4 Å². The number of benzene rings is 1. The molecule has 0 atom stereocenters. The largest absolute Gasteiger partial charge is 0.492 e. The molecule has 5 heteroatoms. The van der Waals surface area contributed by atoms with Crippen LogP contribution in [0.15, 0.2) is 42.6 Å². The van der Waals surface area contributed by atoms with Crippen molar-refractivity contribution in [1.82, 2.24) is 4.98 Å². The first-order chi connectivity index (χ1) is 19.1. The van der Waals surface area contributed by atoms with E-state index in [1.54, 1.807) is 6.20 Å². The molecule has 0 amide bonds. The van der Waals surface area contributed by atoms with Crippen LogP contribution in [-0.2, 0) is 4.79 Å². The molecule has 1 aromatic heterocycles. The zero-order valence-corrected chi connectivity index (χ0v) is 24.3. The number of nitrogens with zero attached hydrogens (tertiary/aromatic N) is 2. The smallest absolute Gasteiger partial charge is 0.314 e. The molecule has 1 aliphatic rings. The van der Waals surface area contributed by atoms with E-state index in [0.717, 1.165) is 68.6 Å². The van der Waals surface area contributed by atoms with Gasteiger partial charge in [-0.05, 0) is 74.9 Å². The Morgan fingerprint density at radius 3 is 2.10 bits per heavy atom. The summed E-state index contributed by atoms with van der Waals surface area (Å²) in [6.45, 7) is 5.16. The highest BCUT2D eigenvalue weighted by Gasteiger charge is 2.38. The third-order valence-electron chi connectivity index (χ3n) is 8.14. The average molecular weight is 533 g/mol. The van der Waals surface area contributed by atoms with Crippen LogP contribution < -0.4 is 9.47 Å². The van der Waals surface area contributed by atoms with E-state index in [9.17, 15) is 10.1 Å². The third kappa shape index (κ3) is 10.3. The van der Waals surface area contributed by atoms with E-state index < -0.39 is 0 Å². The lowest BCUT2D eigenvalue weighted by Crippen LogP contribution is -2.31. The number of unbranched alkanes of at least 4 members (excludes halogenated alkanes) is 9. The maximum Gasteiger partial charge on any atom is 0.314 e. The Bertz CT molecular complexity index is 1000. The van der Waals surface area contributed by atoms with Gasteiger partial charge in [-0.15, -0.1) is 0 Å². The van der Waals surface area contributed by atoms with Gasteiger partial charge in [-0.25, -0.2) is 0 Å². The van der Waals surface area contributed by atoms with Crippen LogP contribution in [0.1, 0.15) is 117 Å². The zero-order valence-electron chi connectivity index (χ0n) is 24.3. The summed E-state index contributed by atoms with van der Waals surface area (Å²) in [7, 11) is 0. The fraction of sp³-hybridized carbons (Fsp3) is 0.618. The Labute approximate surface area is 236 Å². The molecule has 1 saturated carbocycles. The number of ether oxygens (including phenoxy) is 2. The number of carbonyl (C=O) groups excluding carboxylic acids is 1. The molecular formula is C34H48N2O3. The predicted molar refractivity (Wildman–Crippen MR) is 158 cm³/mol. The van der Waals surface area contributed by atoms with Crippen LogP contribution in [-0.4, -0.2) is 17.6 Å². The van der Waals surface area contributed by atoms with Gasteiger partial charge in [0.05, 0.1) is 35.9 Å². The Balaban J connectivity index is 1.40. The number of nitriles is 1. The van der Waals surface area contributed by atoms with E-state index in [-0.39, 0.29) is 17.3 Å². The monoisotopic (exact) mass is 532 g/mol. The van der Waals surface area contributed by atoms with Crippen molar-refractivity contribution in [1.29, 1.82) is 5.26 Å². The minimum Gasteiger partial charge on any atom is -0.492 e. The molecular weight excluding hydrogens is 484 g/mol. The minimum absolute atomic E-state index is 0.128. The summed E-state index contributed by atoms with van der Waals surface area (Å²) < 4.78 is 11.5. The number of pyridine rings is 1. The van der Waals surface area contributed by atoms with Crippen molar-refractivity contribution in [2.24, 2.45) is 11.3 Å². The second-order valence-electron chi connectivity index (χ2n) is 11.3. The maximum atomic E-state index is 12.9. The van der Waals surface area contributed by atoms with Gasteiger partial charge in [0, 0.05) is 5.56 Å². The number of aromatic nitrogens is 1. The standard InChI is InChI=1S/C34H48N2O3/c1-3-5-7-9-10-11-12-22-34(27-35)23-20-29(21-24-34)33(37)39-30-16-14-28(15-17-30)32-19-18-31(26-36-32)38-25-13-8-6-4-2/h14-19,26,29H,3-13,20-25H2,1-2H3/t29-,34-. The summed E-state index contributed by atoms with van der Waals surface area (Å²) in [6, 6.07) is 14.0. The van der Waals surface area contributed by atoms with Crippen LogP contribution in [0, 0.1) is 22.7 Å². The number of hydrogen-bond acceptors (Lipinski definition) is 5. The fourth-order valence-electron chi connectivity index (χ4n) is 5.49. The first kappa shape index (κ1) is 30.7. The van der Waals surface area contributed by atoms with Gasteiger partial charge in [-0.1, -0.05) is 78.1 Å². The lowest BCUT2D eigenvalue weighted by molar-refractivity contribution is -0.140. The zero-order chi connectivity index (χ0) is 27.8. The quantitative estimate of drug-likeness (QED) is 0.115. The first-order valence-corrected chi connectivity index (χ1v) is 15.4. The van der Waals surface area contributed by atoms with Gasteiger partial charge < -0.3 is 9.47 Å². The average Bonchev–Trinajstić information content (AvgIpc) is 2.97. The summed E-state index contributed by atoms with van der Waals surface area (Å²) in [4.78, 5) is 17.4. The van der Waals surface area contributed by atoms with Crippen molar-refractivity contribution in [3.05, 3.63) is 42.6 Å². The second-order valence-corrected chi connectivity index (χ2v) is 11.3. The Kier molecular flexibility index (Phi) is 13.3. The molecule has 0 spiro atoms. The lowest BCUT2D eigenvalue weighted by Gasteiger charge is -2.34. The molecule has 0 unspecified atom stereocenters. The molecule has 0 bridgehead atoms. The van der Waals surface area contributed by atoms with Crippen LogP contribution >= 0.6 is 0 Å². The van der Waals surface area contributed by atoms with Crippen LogP contribution in [0.3, 0.4) is 0 Å². The molecule has 212 valence electrons. The van der Waals surface area contributed by atoms with Crippen molar-refractivity contribution in [2.75, 3.05) is 6.61 Å². The van der Waals surface area contributed by atoms with E-state index >= 15 is 0 Å². The highest BCUT2D eigenvalue weighted by Crippen LogP contribution is 2.43. The van der Waals surface area contributed by atoms with Crippen molar-refractivity contribution in [3.63, 3.8) is 0 Å². The second kappa shape index (κ2) is 17.0. The number of carbonyl (C=O) groups is 1. The molecule has 0 saturated heterocycles. The van der Waals surface area contributed by atoms with E-state index in [4.69, 9.17) is 9.47 Å². The summed E-state index contributed by atoms with van der Waals surface area (Å²) in [5.41, 5.74) is 1.56. The SMILES string of the molecule is CCCCCCCCC[C@]1(C#N)CC[C@H](C(=O)Oc2ccc(-c3ccc(OCCCCCC)cn3)cc2)CC1. The van der Waals surface area contributed by atoms with Gasteiger partial charge in [0.25, 0.3) is 0 Å². The molecule has 1 fully saturated rings. The Morgan fingerprint density at radius 2 is 1.49 bits per heavy atom. The van der Waals surface area contributed by atoms with Crippen molar-refractivity contribution < 1.29 is 14.3 Å². The van der Waals surface area contributed by atoms with E-state index in [0.29, 0.717) is 5.75 Å². The molecule has 0 N–H and O–H groups in total. The lowest BCUT2D eigenvalue weighted by atomic mass is 9.69. The first-order valence-electron chi connectivity index (χ1n) is 15.4. The molecule has 1 aromatic carbocycles. The summed E-state index contributed by atoms with van der Waals surface area (Å²) >= 11 is 0. The molecule has 2 aromatic rings. The predicted octanol–water partition coefficient (Wildman–Crippen LogP) is 9.45. The Morgan fingerprint density at radius 1 is 0.872 bits per heavy atom. The summed E-state index contributed by atoms with van der Waals surface area (Å²) in [5.74, 6) is 1.03. The van der Waals surface area contributed by atoms with E-state index in [1.165, 1.54) is 57.8 Å². The van der Waals surface area contributed by atoms with Gasteiger partial charge in [-0.3, -0.25) is 9.78 Å². The van der Waals surface area contributed by atoms with Crippen LogP contribution in [0.2, 0.25) is 0 Å². The number of rotatable bonds is 17. The van der Waals surface area contributed by atoms with Crippen LogP contribution in [0.25, 0.3) is 11.3 Å². The van der Waals surface area contributed by atoms with Crippen LogP contribution in [0.5, 0.6) is 11.5 Å². The molecule has 1 aliphatic carbocycles. The van der Waals surface area contributed by atoms with Crippen molar-refractivity contribution >= 4 is 5.97 Å². The molecule has 39 heavy (non-hydrogen) atoms. The summed E-state index contributed by atoms with van der Waals surface area (Å²) in [5, 5.41) is 9.90. The van der Waals surface area contributed by atoms with E-state index in [2.05, 4.69) is 24.9 Å². The molecule has 1 heterocycles. The third-order valence-corrected chi connectivity index (χ3v) is 8.14. The highest BCUT2D eigenvalue weighted by atomic mass is 16.5. The van der Waals surface area contributed by atoms with Gasteiger partial charge in [0.1, 0.15) is 11.5 Å². The molecule has 0 aliphatic heterocycles. The summed E-state index contributed by atoms with van der Waals surface area (Å²) in [6.07, 6.45) is 19.3. The van der Waals surface area contributed by atoms with Gasteiger partial charge in [-0.2, -0.15) is 5.26 Å². The minimum atomic E-state index is -0.259. The normalized spacial score (nSPS) is 18.8. The maximum absolute atomic E-state index is 12.9. The number of hydrogen-bond donors (Lipinski definition) is 0. The Hall–Kier alpha value is -2.87. The molecule has 5 nitrogen and oxygen atoms in total. The van der Waals surface area contributed by atoms with Gasteiger partial charge in [0.2, 0.25) is 0 Å². The molecule has 3 rings (SSSR count). The van der Waals surface area contributed by atoms with Crippen LogP contribution in [0.4, 0.5) is 0 Å². The molecule has 0 radical (unpaired) electrons. The van der Waals surface area contributed by atoms with Gasteiger partial charge >= 0.3 is 5.97 Å².